The van der Waals surface area contributed by atoms with Gasteiger partial charge in [0, 0.05) is 6.04 Å². The van der Waals surface area contributed by atoms with Crippen molar-refractivity contribution >= 4 is 5.91 Å². The maximum atomic E-state index is 13.8. The van der Waals surface area contributed by atoms with Crippen molar-refractivity contribution in [3.05, 3.63) is 29.6 Å². The van der Waals surface area contributed by atoms with Crippen LogP contribution in [0.2, 0.25) is 0 Å². The molecule has 0 aliphatic heterocycles. The average molecular weight is 278 g/mol. The van der Waals surface area contributed by atoms with E-state index >= 15 is 0 Å². The first-order valence-electron chi connectivity index (χ1n) is 6.44. The monoisotopic (exact) mass is 278 g/mol. The molecule has 0 saturated heterocycles. The van der Waals surface area contributed by atoms with Gasteiger partial charge in [0.15, 0.2) is 18.2 Å². The highest BCUT2D eigenvalue weighted by molar-refractivity contribution is 5.77. The Balaban J connectivity index is 2.60. The molecule has 0 aromatic heterocycles. The topological polar surface area (TPSA) is 50.4 Å². The van der Waals surface area contributed by atoms with Crippen LogP contribution in [0.15, 0.2) is 18.2 Å². The average Bonchev–Trinajstić information content (AvgIpc) is 2.43. The molecule has 0 heterocycles. The summed E-state index contributed by atoms with van der Waals surface area (Å²) in [7, 11) is 0. The van der Waals surface area contributed by atoms with E-state index in [1.54, 1.807) is 6.07 Å². The predicted molar refractivity (Wildman–Crippen MR) is 75.8 cm³/mol. The molecule has 1 aromatic carbocycles. The number of nitrogens with one attached hydrogen (secondary N) is 2. The van der Waals surface area contributed by atoms with Crippen LogP contribution in [-0.4, -0.2) is 25.6 Å². The smallest absolute Gasteiger partial charge is 0.258 e. The van der Waals surface area contributed by atoms with Crippen LogP contribution in [0.5, 0.6) is 5.75 Å². The van der Waals surface area contributed by atoms with Gasteiger partial charge in [-0.2, -0.15) is 0 Å². The van der Waals surface area contributed by atoms with Crippen molar-refractivity contribution in [2.45, 2.75) is 19.9 Å². The summed E-state index contributed by atoms with van der Waals surface area (Å²) >= 11 is 0. The van der Waals surface area contributed by atoms with Gasteiger partial charge in [0.1, 0.15) is 0 Å². The molecule has 108 valence electrons. The summed E-state index contributed by atoms with van der Waals surface area (Å²) in [6, 6.07) is 4.75. The minimum Gasteiger partial charge on any atom is -0.481 e. The zero-order valence-electron chi connectivity index (χ0n) is 11.7. The minimum absolute atomic E-state index is 0.0494. The van der Waals surface area contributed by atoms with E-state index in [2.05, 4.69) is 16.6 Å². The zero-order valence-corrected chi connectivity index (χ0v) is 11.7. The first-order chi connectivity index (χ1) is 9.58. The quantitative estimate of drug-likeness (QED) is 0.745. The molecule has 20 heavy (non-hydrogen) atoms. The van der Waals surface area contributed by atoms with Crippen LogP contribution in [0.4, 0.5) is 4.39 Å². The number of carbonyl (C=O) groups is 1. The first kappa shape index (κ1) is 16.0. The molecule has 1 amide bonds. The summed E-state index contributed by atoms with van der Waals surface area (Å²) in [5.74, 6) is 1.45. The number of benzene rings is 1. The highest BCUT2D eigenvalue weighted by atomic mass is 19.1. The molecule has 0 radical (unpaired) electrons. The van der Waals surface area contributed by atoms with E-state index in [0.29, 0.717) is 0 Å². The Morgan fingerprint density at radius 1 is 1.55 bits per heavy atom. The van der Waals surface area contributed by atoms with Gasteiger partial charge in [-0.05, 0) is 31.2 Å². The summed E-state index contributed by atoms with van der Waals surface area (Å²) in [5.41, 5.74) is 0.827. The molecule has 1 unspecified atom stereocenters. The summed E-state index contributed by atoms with van der Waals surface area (Å²) in [6.45, 7) is 4.60. The van der Waals surface area contributed by atoms with Gasteiger partial charge in [0.05, 0.1) is 6.54 Å². The highest BCUT2D eigenvalue weighted by Gasteiger charge is 2.10. The van der Waals surface area contributed by atoms with Gasteiger partial charge in [0.25, 0.3) is 5.91 Å². The maximum absolute atomic E-state index is 13.8. The van der Waals surface area contributed by atoms with Crippen LogP contribution >= 0.6 is 0 Å². The van der Waals surface area contributed by atoms with Gasteiger partial charge < -0.3 is 15.4 Å². The number of carbonyl (C=O) groups excluding carboxylic acids is 1. The summed E-state index contributed by atoms with van der Waals surface area (Å²) < 4.78 is 19.0. The van der Waals surface area contributed by atoms with E-state index in [1.807, 2.05) is 13.8 Å². The van der Waals surface area contributed by atoms with E-state index in [9.17, 15) is 9.18 Å². The molecule has 0 aliphatic rings. The molecule has 4 nitrogen and oxygen atoms in total. The van der Waals surface area contributed by atoms with Crippen molar-refractivity contribution in [2.24, 2.45) is 0 Å². The highest BCUT2D eigenvalue weighted by Crippen LogP contribution is 2.21. The third kappa shape index (κ3) is 4.90. The van der Waals surface area contributed by atoms with Crippen LogP contribution in [0.1, 0.15) is 25.5 Å². The lowest BCUT2D eigenvalue weighted by Crippen LogP contribution is -2.29. The molecule has 2 N–H and O–H groups in total. The first-order valence-corrected chi connectivity index (χ1v) is 6.44. The van der Waals surface area contributed by atoms with Crippen molar-refractivity contribution in [2.75, 3.05) is 19.7 Å². The van der Waals surface area contributed by atoms with Gasteiger partial charge in [0.2, 0.25) is 0 Å². The Kier molecular flexibility index (Phi) is 6.54. The van der Waals surface area contributed by atoms with Gasteiger partial charge in [-0.3, -0.25) is 4.79 Å². The van der Waals surface area contributed by atoms with Gasteiger partial charge >= 0.3 is 0 Å². The van der Waals surface area contributed by atoms with Crippen molar-refractivity contribution in [3.63, 3.8) is 0 Å². The third-order valence-electron chi connectivity index (χ3n) is 2.71. The Labute approximate surface area is 118 Å². The molecule has 5 heteroatoms. The van der Waals surface area contributed by atoms with Crippen molar-refractivity contribution in [1.29, 1.82) is 0 Å². The Morgan fingerprint density at radius 2 is 2.30 bits per heavy atom. The zero-order chi connectivity index (χ0) is 15.0. The van der Waals surface area contributed by atoms with Crippen molar-refractivity contribution in [1.82, 2.24) is 10.6 Å². The number of ether oxygens (including phenoxy) is 1. The van der Waals surface area contributed by atoms with Crippen LogP contribution in [0.25, 0.3) is 0 Å². The number of hydrogen-bond acceptors (Lipinski definition) is 3. The van der Waals surface area contributed by atoms with Crippen LogP contribution < -0.4 is 15.4 Å². The second kappa shape index (κ2) is 8.18. The Bertz CT molecular complexity index is 497. The Hall–Kier alpha value is -2.06. The number of terminal acetylenes is 1. The van der Waals surface area contributed by atoms with Crippen molar-refractivity contribution in [3.8, 4) is 18.1 Å². The molecule has 1 rings (SSSR count). The second-order valence-electron chi connectivity index (χ2n) is 4.24. The molecule has 0 fully saturated rings. The van der Waals surface area contributed by atoms with Crippen LogP contribution in [0, 0.1) is 18.2 Å². The van der Waals surface area contributed by atoms with E-state index in [0.717, 1.165) is 12.1 Å². The Morgan fingerprint density at radius 3 is 2.90 bits per heavy atom. The van der Waals surface area contributed by atoms with E-state index in [4.69, 9.17) is 11.2 Å². The molecule has 0 aliphatic carbocycles. The molecule has 0 bridgehead atoms. The molecule has 1 aromatic rings. The minimum atomic E-state index is -0.489. The lowest BCUT2D eigenvalue weighted by molar-refractivity contribution is -0.122. The summed E-state index contributed by atoms with van der Waals surface area (Å²) in [5, 5.41) is 5.63. The normalized spacial score (nSPS) is 11.5. The molecule has 0 spiro atoms. The molecular weight excluding hydrogens is 259 g/mol. The lowest BCUT2D eigenvalue weighted by atomic mass is 10.1. The van der Waals surface area contributed by atoms with Crippen molar-refractivity contribution < 1.29 is 13.9 Å². The fraction of sp³-hybridized carbons (Fsp3) is 0.400. The SMILES string of the molecule is C#CCNC(=O)COc1ccc(C(C)NCC)cc1F. The van der Waals surface area contributed by atoms with Crippen LogP contribution in [-0.2, 0) is 4.79 Å². The number of amides is 1. The van der Waals surface area contributed by atoms with E-state index in [-0.39, 0.29) is 30.9 Å². The fourth-order valence-corrected chi connectivity index (χ4v) is 1.67. The van der Waals surface area contributed by atoms with Gasteiger partial charge in [-0.25, -0.2) is 4.39 Å². The third-order valence-corrected chi connectivity index (χ3v) is 2.71. The number of rotatable bonds is 7. The van der Waals surface area contributed by atoms with Gasteiger partial charge in [-0.15, -0.1) is 6.42 Å². The molecule has 1 atom stereocenters. The van der Waals surface area contributed by atoms with Gasteiger partial charge in [-0.1, -0.05) is 18.9 Å². The largest absolute Gasteiger partial charge is 0.481 e. The number of hydrogen-bond donors (Lipinski definition) is 2. The predicted octanol–water partition coefficient (Wildman–Crippen LogP) is 1.62. The lowest BCUT2D eigenvalue weighted by Gasteiger charge is -2.14. The standard InChI is InChI=1S/C15H19FN2O2/c1-4-8-18-15(19)10-20-14-7-6-12(9-13(14)16)11(3)17-5-2/h1,6-7,9,11,17H,5,8,10H2,2-3H3,(H,18,19). The second-order valence-corrected chi connectivity index (χ2v) is 4.24. The van der Waals surface area contributed by atoms with E-state index < -0.39 is 5.82 Å². The van der Waals surface area contributed by atoms with E-state index in [1.165, 1.54) is 12.1 Å². The fourth-order valence-electron chi connectivity index (χ4n) is 1.67. The summed E-state index contributed by atoms with van der Waals surface area (Å²) in [4.78, 5) is 11.3. The molecule has 0 saturated carbocycles. The molecular formula is C15H19FN2O2. The van der Waals surface area contributed by atoms with Crippen LogP contribution in [0.3, 0.4) is 0 Å². The summed E-state index contributed by atoms with van der Waals surface area (Å²) in [6.07, 6.45) is 5.01. The maximum Gasteiger partial charge on any atom is 0.258 e. The number of halogens is 1.